The first kappa shape index (κ1) is 49.7. The standard InChI is InChI=1S/C42H81N2O6P/c1-6-8-10-12-14-16-18-19-20-21-22-23-24-25-26-28-30-32-34-36-42(46)43-40(39-50-51(47,48)49-38-37-44(3,4)5)41(45)35-33-31-29-27-17-15-13-11-9-7-2/h19-20,29,31,33,35,40-41,45H,6-18,21-28,30,32,34,36-39H2,1-5H3,(H-,43,46,47,48)/b20-19+,31-29+,35-33+/t40-,41+/m0/s1. The molecule has 0 aliphatic rings. The Kier molecular flexibility index (Phi) is 33.6. The number of carbonyl (C=O) groups is 1. The van der Waals surface area contributed by atoms with Gasteiger partial charge in [-0.1, -0.05) is 159 Å². The van der Waals surface area contributed by atoms with Crippen molar-refractivity contribution < 1.29 is 32.9 Å². The number of aliphatic hydroxyl groups excluding tert-OH is 1. The van der Waals surface area contributed by atoms with Crippen LogP contribution < -0.4 is 10.2 Å². The Labute approximate surface area is 315 Å². The van der Waals surface area contributed by atoms with Gasteiger partial charge in [0.1, 0.15) is 13.2 Å². The number of amides is 1. The number of aliphatic hydroxyl groups is 1. The van der Waals surface area contributed by atoms with Crippen LogP contribution in [0.5, 0.6) is 0 Å². The van der Waals surface area contributed by atoms with Crippen molar-refractivity contribution >= 4 is 13.7 Å². The zero-order chi connectivity index (χ0) is 37.9. The first-order chi connectivity index (χ1) is 24.5. The number of quaternary nitrogens is 1. The quantitative estimate of drug-likeness (QED) is 0.0216. The lowest BCUT2D eigenvalue weighted by atomic mass is 10.0. The molecule has 8 nitrogen and oxygen atoms in total. The van der Waals surface area contributed by atoms with Gasteiger partial charge in [0.2, 0.25) is 5.91 Å². The predicted molar refractivity (Wildman–Crippen MR) is 215 cm³/mol. The molecular weight excluding hydrogens is 659 g/mol. The maximum Gasteiger partial charge on any atom is 0.268 e. The Hall–Kier alpha value is -1.28. The molecule has 0 bridgehead atoms. The molecule has 0 aromatic rings. The minimum Gasteiger partial charge on any atom is -0.756 e. The van der Waals surface area contributed by atoms with Gasteiger partial charge in [0.25, 0.3) is 7.82 Å². The summed E-state index contributed by atoms with van der Waals surface area (Å²) in [5, 5.41) is 13.6. The van der Waals surface area contributed by atoms with E-state index >= 15 is 0 Å². The Bertz CT molecular complexity index is 933. The Morgan fingerprint density at radius 2 is 1.14 bits per heavy atom. The summed E-state index contributed by atoms with van der Waals surface area (Å²) >= 11 is 0. The molecule has 1 unspecified atom stereocenters. The number of phosphoric ester groups is 1. The molecule has 0 saturated carbocycles. The lowest BCUT2D eigenvalue weighted by molar-refractivity contribution is -0.870. The number of allylic oxidation sites excluding steroid dienone is 5. The van der Waals surface area contributed by atoms with E-state index in [4.69, 9.17) is 9.05 Å². The third-order valence-electron chi connectivity index (χ3n) is 9.13. The van der Waals surface area contributed by atoms with Crippen LogP contribution in [0.25, 0.3) is 0 Å². The summed E-state index contributed by atoms with van der Waals surface area (Å²) in [6, 6.07) is -0.916. The highest BCUT2D eigenvalue weighted by molar-refractivity contribution is 7.45. The van der Waals surface area contributed by atoms with E-state index in [1.807, 2.05) is 27.2 Å². The molecule has 0 radical (unpaired) electrons. The second-order valence-electron chi connectivity index (χ2n) is 15.4. The first-order valence-corrected chi connectivity index (χ1v) is 22.3. The minimum atomic E-state index is -4.59. The van der Waals surface area contributed by atoms with Crippen molar-refractivity contribution in [1.29, 1.82) is 0 Å². The van der Waals surface area contributed by atoms with Gasteiger partial charge in [0.15, 0.2) is 0 Å². The molecule has 0 aliphatic heterocycles. The zero-order valence-electron chi connectivity index (χ0n) is 33.8. The van der Waals surface area contributed by atoms with E-state index in [9.17, 15) is 19.4 Å². The van der Waals surface area contributed by atoms with Crippen LogP contribution >= 0.6 is 7.82 Å². The van der Waals surface area contributed by atoms with Gasteiger partial charge in [0, 0.05) is 6.42 Å². The molecule has 300 valence electrons. The zero-order valence-corrected chi connectivity index (χ0v) is 34.7. The predicted octanol–water partition coefficient (Wildman–Crippen LogP) is 10.5. The molecule has 1 amide bonds. The summed E-state index contributed by atoms with van der Waals surface area (Å²) in [5.41, 5.74) is 0. The largest absolute Gasteiger partial charge is 0.756 e. The number of unbranched alkanes of at least 4 members (excludes halogenated alkanes) is 21. The van der Waals surface area contributed by atoms with Crippen LogP contribution in [0.1, 0.15) is 174 Å². The second-order valence-corrected chi connectivity index (χ2v) is 16.8. The summed E-state index contributed by atoms with van der Waals surface area (Å²) < 4.78 is 23.1. The number of rotatable bonds is 37. The summed E-state index contributed by atoms with van der Waals surface area (Å²) in [5.74, 6) is -0.220. The van der Waals surface area contributed by atoms with Crippen LogP contribution in [0.3, 0.4) is 0 Å². The topological polar surface area (TPSA) is 108 Å². The number of nitrogens with zero attached hydrogens (tertiary/aromatic N) is 1. The molecule has 0 aromatic heterocycles. The molecule has 0 fully saturated rings. The van der Waals surface area contributed by atoms with E-state index in [1.165, 1.54) is 122 Å². The summed E-state index contributed by atoms with van der Waals surface area (Å²) in [6.07, 6.45) is 40.6. The van der Waals surface area contributed by atoms with Gasteiger partial charge >= 0.3 is 0 Å². The normalized spacial score (nSPS) is 14.9. The molecule has 0 rings (SSSR count). The van der Waals surface area contributed by atoms with Crippen molar-refractivity contribution in [2.24, 2.45) is 0 Å². The maximum atomic E-state index is 12.8. The van der Waals surface area contributed by atoms with Crippen molar-refractivity contribution in [3.05, 3.63) is 36.5 Å². The van der Waals surface area contributed by atoms with Gasteiger partial charge < -0.3 is 28.8 Å². The van der Waals surface area contributed by atoms with Crippen LogP contribution in [-0.2, 0) is 18.4 Å². The van der Waals surface area contributed by atoms with Crippen molar-refractivity contribution in [1.82, 2.24) is 5.32 Å². The van der Waals surface area contributed by atoms with Crippen LogP contribution in [0.2, 0.25) is 0 Å². The highest BCUT2D eigenvalue weighted by Crippen LogP contribution is 2.38. The van der Waals surface area contributed by atoms with Crippen molar-refractivity contribution in [2.75, 3.05) is 40.9 Å². The highest BCUT2D eigenvalue weighted by atomic mass is 31.2. The Morgan fingerprint density at radius 1 is 0.686 bits per heavy atom. The fourth-order valence-corrected chi connectivity index (χ4v) is 6.46. The third kappa shape index (κ3) is 36.9. The van der Waals surface area contributed by atoms with Gasteiger partial charge in [-0.2, -0.15) is 0 Å². The molecular formula is C42H81N2O6P. The minimum absolute atomic E-state index is 0.00977. The van der Waals surface area contributed by atoms with Gasteiger partial charge in [-0.25, -0.2) is 0 Å². The molecule has 0 aromatic carbocycles. The molecule has 3 atom stereocenters. The van der Waals surface area contributed by atoms with Gasteiger partial charge in [-0.05, 0) is 44.9 Å². The van der Waals surface area contributed by atoms with Gasteiger partial charge in [-0.3, -0.25) is 9.36 Å². The maximum absolute atomic E-state index is 12.8. The molecule has 0 spiro atoms. The van der Waals surface area contributed by atoms with Gasteiger partial charge in [-0.15, -0.1) is 0 Å². The van der Waals surface area contributed by atoms with E-state index in [0.29, 0.717) is 17.4 Å². The number of hydrogen-bond acceptors (Lipinski definition) is 6. The van der Waals surface area contributed by atoms with E-state index in [1.54, 1.807) is 12.2 Å². The van der Waals surface area contributed by atoms with E-state index < -0.39 is 26.6 Å². The molecule has 0 aliphatic carbocycles. The Morgan fingerprint density at radius 3 is 1.63 bits per heavy atom. The van der Waals surface area contributed by atoms with E-state index in [0.717, 1.165) is 32.1 Å². The lowest BCUT2D eigenvalue weighted by Gasteiger charge is -2.29. The monoisotopic (exact) mass is 741 g/mol. The number of likely N-dealkylation sites (N-methyl/N-ethyl adjacent to an activating group) is 1. The fourth-order valence-electron chi connectivity index (χ4n) is 5.73. The van der Waals surface area contributed by atoms with Crippen LogP contribution in [0.4, 0.5) is 0 Å². The number of nitrogens with one attached hydrogen (secondary N) is 1. The first-order valence-electron chi connectivity index (χ1n) is 20.9. The second kappa shape index (κ2) is 34.5. The molecule has 0 heterocycles. The molecule has 51 heavy (non-hydrogen) atoms. The van der Waals surface area contributed by atoms with E-state index in [2.05, 4.69) is 37.4 Å². The summed E-state index contributed by atoms with van der Waals surface area (Å²) in [7, 11) is 1.23. The summed E-state index contributed by atoms with van der Waals surface area (Å²) in [4.78, 5) is 25.2. The average molecular weight is 741 g/mol. The van der Waals surface area contributed by atoms with Crippen LogP contribution in [0, 0.1) is 0 Å². The SMILES string of the molecule is CCCCCCCC/C=C/C=C/[C@@H](O)[C@H](COP(=O)([O-])OCC[N+](C)(C)C)NC(=O)CCCCCCCCCCC/C=C/CCCCCCCC. The summed E-state index contributed by atoms with van der Waals surface area (Å²) in [6.45, 7) is 4.56. The third-order valence-corrected chi connectivity index (χ3v) is 10.1. The number of carbonyl (C=O) groups excluding carboxylic acids is 1. The van der Waals surface area contributed by atoms with Crippen LogP contribution in [0.15, 0.2) is 36.5 Å². The average Bonchev–Trinajstić information content (AvgIpc) is 3.07. The van der Waals surface area contributed by atoms with Crippen molar-refractivity contribution in [3.8, 4) is 0 Å². The molecule has 9 heteroatoms. The fraction of sp³-hybridized carbons (Fsp3) is 0.833. The van der Waals surface area contributed by atoms with E-state index in [-0.39, 0.29) is 12.5 Å². The number of phosphoric acid groups is 1. The number of hydrogen-bond donors (Lipinski definition) is 2. The molecule has 0 saturated heterocycles. The molecule has 2 N–H and O–H groups in total. The highest BCUT2D eigenvalue weighted by Gasteiger charge is 2.23. The Balaban J connectivity index is 4.40. The van der Waals surface area contributed by atoms with Gasteiger partial charge in [0.05, 0.1) is 39.9 Å². The van der Waals surface area contributed by atoms with Crippen molar-refractivity contribution in [2.45, 2.75) is 187 Å². The lowest BCUT2D eigenvalue weighted by Crippen LogP contribution is -2.45. The smallest absolute Gasteiger partial charge is 0.268 e. The van der Waals surface area contributed by atoms with Crippen molar-refractivity contribution in [3.63, 3.8) is 0 Å². The van der Waals surface area contributed by atoms with Crippen LogP contribution in [-0.4, -0.2) is 68.5 Å².